The fourth-order valence-corrected chi connectivity index (χ4v) is 3.96. The number of nitrogens with one attached hydrogen (secondary N) is 2. The molecule has 0 fully saturated rings. The van der Waals surface area contributed by atoms with E-state index in [-0.39, 0.29) is 37.8 Å². The summed E-state index contributed by atoms with van der Waals surface area (Å²) >= 11 is 2.69. The molecular weight excluding hydrogens is 422 g/mol. The molecule has 156 valence electrons. The molecule has 2 heterocycles. The number of esters is 1. The number of carbonyl (C=O) groups excluding carboxylic acids is 3. The predicted octanol–water partition coefficient (Wildman–Crippen LogP) is 3.56. The number of rotatable bonds is 9. The normalized spacial score (nSPS) is 10.4. The number of hydrogen-bond acceptors (Lipinski definition) is 7. The van der Waals surface area contributed by atoms with Crippen molar-refractivity contribution in [3.63, 3.8) is 0 Å². The summed E-state index contributed by atoms with van der Waals surface area (Å²) in [6, 6.07) is 11.1. The zero-order valence-corrected chi connectivity index (χ0v) is 18.0. The van der Waals surface area contributed by atoms with Crippen LogP contribution in [0.4, 0.5) is 5.69 Å². The molecular formula is C21H21N3O4S2. The number of benzene rings is 1. The number of thiazole rings is 1. The smallest absolute Gasteiger partial charge is 0.307 e. The Bertz CT molecular complexity index is 1010. The molecule has 0 aliphatic rings. The van der Waals surface area contributed by atoms with Gasteiger partial charge in [-0.2, -0.15) is 0 Å². The minimum Gasteiger partial charge on any atom is -0.459 e. The van der Waals surface area contributed by atoms with Crippen LogP contribution in [0, 0.1) is 6.92 Å². The molecule has 2 N–H and O–H groups in total. The summed E-state index contributed by atoms with van der Waals surface area (Å²) < 4.78 is 5.19. The molecule has 30 heavy (non-hydrogen) atoms. The Hall–Kier alpha value is -3.04. The Morgan fingerprint density at radius 1 is 1.10 bits per heavy atom. The molecule has 0 aliphatic carbocycles. The first-order valence-corrected chi connectivity index (χ1v) is 11.0. The molecule has 3 rings (SSSR count). The lowest BCUT2D eigenvalue weighted by molar-refractivity contribution is -0.144. The van der Waals surface area contributed by atoms with E-state index in [2.05, 4.69) is 15.6 Å². The molecule has 3 aromatic rings. The van der Waals surface area contributed by atoms with Crippen LogP contribution < -0.4 is 10.6 Å². The fraction of sp³-hybridized carbons (Fsp3) is 0.238. The summed E-state index contributed by atoms with van der Waals surface area (Å²) in [5, 5.41) is 9.78. The van der Waals surface area contributed by atoms with Gasteiger partial charge in [0.15, 0.2) is 0 Å². The third kappa shape index (κ3) is 6.50. The van der Waals surface area contributed by atoms with E-state index < -0.39 is 5.97 Å². The fourth-order valence-electron chi connectivity index (χ4n) is 2.54. The van der Waals surface area contributed by atoms with Crippen molar-refractivity contribution in [3.8, 4) is 0 Å². The Balaban J connectivity index is 1.37. The quantitative estimate of drug-likeness (QED) is 0.493. The van der Waals surface area contributed by atoms with E-state index in [0.29, 0.717) is 15.6 Å². The molecule has 0 saturated heterocycles. The van der Waals surface area contributed by atoms with E-state index in [9.17, 15) is 14.4 Å². The number of carbonyl (C=O) groups is 3. The molecule has 0 atom stereocenters. The van der Waals surface area contributed by atoms with Crippen LogP contribution in [0.2, 0.25) is 0 Å². The monoisotopic (exact) mass is 443 g/mol. The van der Waals surface area contributed by atoms with E-state index in [4.69, 9.17) is 4.74 Å². The molecule has 0 saturated carbocycles. The minimum absolute atomic E-state index is 0.0353. The maximum absolute atomic E-state index is 12.2. The van der Waals surface area contributed by atoms with Gasteiger partial charge in [0.2, 0.25) is 5.91 Å². The van der Waals surface area contributed by atoms with Gasteiger partial charge in [0, 0.05) is 17.6 Å². The van der Waals surface area contributed by atoms with Crippen LogP contribution in [0.15, 0.2) is 47.2 Å². The second-order valence-electron chi connectivity index (χ2n) is 6.42. The highest BCUT2D eigenvalue weighted by Crippen LogP contribution is 2.16. The van der Waals surface area contributed by atoms with Crippen LogP contribution in [0.5, 0.6) is 0 Å². The van der Waals surface area contributed by atoms with Crippen molar-refractivity contribution in [1.82, 2.24) is 10.3 Å². The molecule has 0 bridgehead atoms. The lowest BCUT2D eigenvalue weighted by atomic mass is 10.2. The van der Waals surface area contributed by atoms with Gasteiger partial charge >= 0.3 is 5.97 Å². The summed E-state index contributed by atoms with van der Waals surface area (Å²) in [6.45, 7) is 2.17. The number of nitrogens with zero attached hydrogens (tertiary/aromatic N) is 1. The molecule has 1 aromatic carbocycles. The topological polar surface area (TPSA) is 97.4 Å². The zero-order valence-electron chi connectivity index (χ0n) is 16.3. The summed E-state index contributed by atoms with van der Waals surface area (Å²) in [6.07, 6.45) is 0.231. The van der Waals surface area contributed by atoms with Crippen LogP contribution in [-0.2, 0) is 27.4 Å². The van der Waals surface area contributed by atoms with Gasteiger partial charge in [-0.25, -0.2) is 4.98 Å². The van der Waals surface area contributed by atoms with Crippen molar-refractivity contribution in [2.24, 2.45) is 0 Å². The minimum atomic E-state index is -0.423. The van der Waals surface area contributed by atoms with Crippen molar-refractivity contribution >= 4 is 46.1 Å². The van der Waals surface area contributed by atoms with Gasteiger partial charge in [-0.15, -0.1) is 22.7 Å². The van der Waals surface area contributed by atoms with Crippen LogP contribution >= 0.6 is 22.7 Å². The van der Waals surface area contributed by atoms with E-state index in [1.54, 1.807) is 17.5 Å². The first-order valence-electron chi connectivity index (χ1n) is 9.27. The van der Waals surface area contributed by atoms with Crippen molar-refractivity contribution < 1.29 is 19.1 Å². The van der Waals surface area contributed by atoms with Gasteiger partial charge in [0.1, 0.15) is 11.6 Å². The predicted molar refractivity (Wildman–Crippen MR) is 117 cm³/mol. The molecule has 7 nitrogen and oxygen atoms in total. The van der Waals surface area contributed by atoms with Crippen LogP contribution in [0.1, 0.15) is 32.4 Å². The summed E-state index contributed by atoms with van der Waals surface area (Å²) in [7, 11) is 0. The number of aromatic nitrogens is 1. The standard InChI is InChI=1S/C21H21N3O4S2/c1-14-5-2-3-6-16(14)24-18(25)11-19-23-15(13-30-19)12-28-20(26)8-9-22-21(27)17-7-4-10-29-17/h2-7,10,13H,8-9,11-12H2,1H3,(H,22,27)(H,24,25). The van der Waals surface area contributed by atoms with E-state index >= 15 is 0 Å². The SMILES string of the molecule is Cc1ccccc1NC(=O)Cc1nc(COC(=O)CCNC(=O)c2cccs2)cs1. The second-order valence-corrected chi connectivity index (χ2v) is 8.31. The number of anilines is 1. The molecule has 0 radical (unpaired) electrons. The molecule has 0 unspecified atom stereocenters. The van der Waals surface area contributed by atoms with Gasteiger partial charge < -0.3 is 15.4 Å². The van der Waals surface area contributed by atoms with Crippen molar-refractivity contribution in [1.29, 1.82) is 0 Å². The summed E-state index contributed by atoms with van der Waals surface area (Å²) in [5.41, 5.74) is 2.36. The van der Waals surface area contributed by atoms with Gasteiger partial charge in [0.25, 0.3) is 5.91 Å². The molecule has 2 aromatic heterocycles. The third-order valence-corrected chi connectivity index (χ3v) is 5.84. The lowest BCUT2D eigenvalue weighted by Crippen LogP contribution is -2.25. The zero-order chi connectivity index (χ0) is 21.3. The molecule has 9 heteroatoms. The number of amides is 2. The average Bonchev–Trinajstić information content (AvgIpc) is 3.40. The highest BCUT2D eigenvalue weighted by molar-refractivity contribution is 7.12. The molecule has 2 amide bonds. The Morgan fingerprint density at radius 3 is 2.70 bits per heavy atom. The Morgan fingerprint density at radius 2 is 1.93 bits per heavy atom. The first-order chi connectivity index (χ1) is 14.5. The van der Waals surface area contributed by atoms with Gasteiger partial charge in [-0.05, 0) is 30.0 Å². The summed E-state index contributed by atoms with van der Waals surface area (Å²) in [5.74, 6) is -0.775. The third-order valence-electron chi connectivity index (χ3n) is 4.07. The van der Waals surface area contributed by atoms with E-state index in [1.165, 1.54) is 22.7 Å². The maximum atomic E-state index is 12.2. The second kappa shape index (κ2) is 10.7. The lowest BCUT2D eigenvalue weighted by Gasteiger charge is -2.06. The van der Waals surface area contributed by atoms with Crippen LogP contribution in [0.3, 0.4) is 0 Å². The van der Waals surface area contributed by atoms with Gasteiger partial charge in [0.05, 0.1) is 23.4 Å². The van der Waals surface area contributed by atoms with E-state index in [0.717, 1.165) is 11.3 Å². The number of thiophene rings is 1. The molecule has 0 aliphatic heterocycles. The maximum Gasteiger partial charge on any atom is 0.307 e. The molecule has 0 spiro atoms. The van der Waals surface area contributed by atoms with E-state index in [1.807, 2.05) is 36.6 Å². The first kappa shape index (κ1) is 21.7. The van der Waals surface area contributed by atoms with Crippen molar-refractivity contribution in [2.45, 2.75) is 26.4 Å². The Labute approximate surface area is 182 Å². The highest BCUT2D eigenvalue weighted by atomic mass is 32.1. The van der Waals surface area contributed by atoms with Crippen LogP contribution in [0.25, 0.3) is 0 Å². The van der Waals surface area contributed by atoms with Crippen molar-refractivity contribution in [2.75, 3.05) is 11.9 Å². The average molecular weight is 444 g/mol. The highest BCUT2D eigenvalue weighted by Gasteiger charge is 2.12. The number of aryl methyl sites for hydroxylation is 1. The number of ether oxygens (including phenoxy) is 1. The number of hydrogen-bond donors (Lipinski definition) is 2. The Kier molecular flexibility index (Phi) is 7.69. The van der Waals surface area contributed by atoms with Crippen molar-refractivity contribution in [3.05, 3.63) is 68.3 Å². The number of para-hydroxylation sites is 1. The van der Waals surface area contributed by atoms with Gasteiger partial charge in [-0.1, -0.05) is 24.3 Å². The largest absolute Gasteiger partial charge is 0.459 e. The summed E-state index contributed by atoms with van der Waals surface area (Å²) in [4.78, 5) is 40.8. The van der Waals surface area contributed by atoms with Crippen LogP contribution in [-0.4, -0.2) is 29.3 Å². The van der Waals surface area contributed by atoms with Gasteiger partial charge in [-0.3, -0.25) is 14.4 Å².